The first-order valence-corrected chi connectivity index (χ1v) is 9.94. The van der Waals surface area contributed by atoms with Gasteiger partial charge < -0.3 is 0 Å². The molecule has 0 radical (unpaired) electrons. The van der Waals surface area contributed by atoms with Gasteiger partial charge in [0.25, 0.3) is 0 Å². The maximum absolute atomic E-state index is 10.3. The van der Waals surface area contributed by atoms with E-state index >= 15 is 0 Å². The lowest BCUT2D eigenvalue weighted by Crippen LogP contribution is -2.04. The molecule has 0 amide bonds. The van der Waals surface area contributed by atoms with Crippen LogP contribution < -0.4 is 0 Å². The molecule has 0 bridgehead atoms. The highest BCUT2D eigenvalue weighted by Crippen LogP contribution is 2.17. The van der Waals surface area contributed by atoms with Crippen molar-refractivity contribution in [2.75, 3.05) is 6.61 Å². The van der Waals surface area contributed by atoms with Gasteiger partial charge in [-0.3, -0.25) is 4.55 Å². The monoisotopic (exact) mass is 322 g/mol. The molecule has 0 aliphatic heterocycles. The van der Waals surface area contributed by atoms with Crippen LogP contribution >= 0.6 is 0 Å². The summed E-state index contributed by atoms with van der Waals surface area (Å²) in [5, 5.41) is 0. The Balaban J connectivity index is 3.15. The Labute approximate surface area is 131 Å². The summed E-state index contributed by atoms with van der Waals surface area (Å²) in [7, 11) is -4.24. The van der Waals surface area contributed by atoms with Crippen molar-refractivity contribution in [1.29, 1.82) is 0 Å². The van der Waals surface area contributed by atoms with E-state index in [1.54, 1.807) is 0 Å². The van der Waals surface area contributed by atoms with Crippen LogP contribution in [0.25, 0.3) is 0 Å². The molecule has 21 heavy (non-hydrogen) atoms. The summed E-state index contributed by atoms with van der Waals surface area (Å²) in [4.78, 5) is 0. The van der Waals surface area contributed by atoms with Gasteiger partial charge in [0.05, 0.1) is 6.61 Å². The summed E-state index contributed by atoms with van der Waals surface area (Å²) < 4.78 is 33.3. The van der Waals surface area contributed by atoms with Crippen LogP contribution in [-0.2, 0) is 14.6 Å². The fourth-order valence-electron chi connectivity index (χ4n) is 2.52. The highest BCUT2D eigenvalue weighted by molar-refractivity contribution is 7.80. The Kier molecular flexibility index (Phi) is 13.4. The lowest BCUT2D eigenvalue weighted by Gasteiger charge is -2.10. The van der Waals surface area contributed by atoms with Gasteiger partial charge in [-0.1, -0.05) is 84.5 Å². The predicted octanol–water partition coefficient (Wildman–Crippen LogP) is 5.14. The van der Waals surface area contributed by atoms with Gasteiger partial charge in [-0.05, 0) is 12.3 Å². The van der Waals surface area contributed by atoms with E-state index in [4.69, 9.17) is 4.55 Å². The highest BCUT2D eigenvalue weighted by Gasteiger charge is 2.03. The predicted molar refractivity (Wildman–Crippen MR) is 87.7 cm³/mol. The largest absolute Gasteiger partial charge is 0.397 e. The number of unbranched alkanes of at least 4 members (excludes halogenated alkanes) is 8. The van der Waals surface area contributed by atoms with Gasteiger partial charge in [0.1, 0.15) is 0 Å². The molecular weight excluding hydrogens is 288 g/mol. The van der Waals surface area contributed by atoms with Gasteiger partial charge in [0.15, 0.2) is 0 Å². The van der Waals surface area contributed by atoms with Crippen LogP contribution in [0.4, 0.5) is 0 Å². The van der Waals surface area contributed by atoms with Crippen molar-refractivity contribution in [3.63, 3.8) is 0 Å². The molecule has 0 aromatic heterocycles. The van der Waals surface area contributed by atoms with Gasteiger partial charge in [0, 0.05) is 0 Å². The SMILES string of the molecule is CCCCC(C)CCCCCCCCCCOS(=O)(=O)O. The zero-order chi connectivity index (χ0) is 16.0. The first kappa shape index (κ1) is 20.9. The van der Waals surface area contributed by atoms with E-state index in [1.165, 1.54) is 57.8 Å². The van der Waals surface area contributed by atoms with E-state index in [0.29, 0.717) is 6.42 Å². The summed E-state index contributed by atoms with van der Waals surface area (Å²) in [6.45, 7) is 4.71. The molecule has 0 saturated heterocycles. The van der Waals surface area contributed by atoms with Gasteiger partial charge in [-0.2, -0.15) is 8.42 Å². The number of hydrogen-bond donors (Lipinski definition) is 1. The minimum atomic E-state index is -4.24. The minimum absolute atomic E-state index is 0.0917. The molecule has 0 rings (SSSR count). The Bertz CT molecular complexity index is 314. The smallest absolute Gasteiger partial charge is 0.264 e. The van der Waals surface area contributed by atoms with Crippen LogP contribution in [0.1, 0.15) is 90.9 Å². The molecule has 1 atom stereocenters. The maximum atomic E-state index is 10.3. The van der Waals surface area contributed by atoms with Crippen molar-refractivity contribution in [3.8, 4) is 0 Å². The van der Waals surface area contributed by atoms with Crippen molar-refractivity contribution in [2.24, 2.45) is 5.92 Å². The van der Waals surface area contributed by atoms with Crippen molar-refractivity contribution in [3.05, 3.63) is 0 Å². The Morgan fingerprint density at radius 1 is 0.857 bits per heavy atom. The number of hydrogen-bond acceptors (Lipinski definition) is 3. The summed E-state index contributed by atoms with van der Waals surface area (Å²) in [5.41, 5.74) is 0. The summed E-state index contributed by atoms with van der Waals surface area (Å²) >= 11 is 0. The van der Waals surface area contributed by atoms with Gasteiger partial charge >= 0.3 is 10.4 Å². The fourth-order valence-corrected chi connectivity index (χ4v) is 2.85. The molecule has 1 N–H and O–H groups in total. The molecular formula is C16H34O4S. The third kappa shape index (κ3) is 17.8. The van der Waals surface area contributed by atoms with E-state index in [0.717, 1.165) is 18.8 Å². The summed E-state index contributed by atoms with van der Waals surface area (Å²) in [5.74, 6) is 0.882. The Morgan fingerprint density at radius 3 is 1.86 bits per heavy atom. The molecule has 0 fully saturated rings. The number of rotatable bonds is 15. The maximum Gasteiger partial charge on any atom is 0.397 e. The van der Waals surface area contributed by atoms with Crippen molar-refractivity contribution < 1.29 is 17.2 Å². The van der Waals surface area contributed by atoms with Gasteiger partial charge in [0.2, 0.25) is 0 Å². The highest BCUT2D eigenvalue weighted by atomic mass is 32.3. The molecule has 0 heterocycles. The van der Waals surface area contributed by atoms with Crippen molar-refractivity contribution in [1.82, 2.24) is 0 Å². The minimum Gasteiger partial charge on any atom is -0.264 e. The fraction of sp³-hybridized carbons (Fsp3) is 1.00. The van der Waals surface area contributed by atoms with Crippen LogP contribution in [-0.4, -0.2) is 19.6 Å². The molecule has 5 heteroatoms. The molecule has 0 aromatic carbocycles. The average molecular weight is 323 g/mol. The molecule has 0 aliphatic carbocycles. The van der Waals surface area contributed by atoms with E-state index in [2.05, 4.69) is 18.0 Å². The van der Waals surface area contributed by atoms with Crippen molar-refractivity contribution in [2.45, 2.75) is 90.9 Å². The Morgan fingerprint density at radius 2 is 1.33 bits per heavy atom. The normalized spacial score (nSPS) is 13.5. The lowest BCUT2D eigenvalue weighted by molar-refractivity contribution is 0.261. The van der Waals surface area contributed by atoms with E-state index in [-0.39, 0.29) is 6.61 Å². The topological polar surface area (TPSA) is 63.6 Å². The molecule has 0 saturated carbocycles. The standard InChI is InChI=1S/C16H34O4S/c1-3-4-13-16(2)14-11-9-7-5-6-8-10-12-15-20-21(17,18)19/h16H,3-15H2,1-2H3,(H,17,18,19). The Hall–Kier alpha value is -0.130. The summed E-state index contributed by atoms with van der Waals surface area (Å²) in [6.07, 6.45) is 14.6. The third-order valence-corrected chi connectivity index (χ3v) is 4.34. The van der Waals surface area contributed by atoms with E-state index in [1.807, 2.05) is 0 Å². The van der Waals surface area contributed by atoms with E-state index < -0.39 is 10.4 Å². The zero-order valence-corrected chi connectivity index (χ0v) is 14.7. The molecule has 0 aliphatic rings. The van der Waals surface area contributed by atoms with Crippen LogP contribution in [0.2, 0.25) is 0 Å². The van der Waals surface area contributed by atoms with Crippen molar-refractivity contribution >= 4 is 10.4 Å². The van der Waals surface area contributed by atoms with Crippen LogP contribution in [0.3, 0.4) is 0 Å². The van der Waals surface area contributed by atoms with E-state index in [9.17, 15) is 8.42 Å². The van der Waals surface area contributed by atoms with Crippen LogP contribution in [0.15, 0.2) is 0 Å². The van der Waals surface area contributed by atoms with Crippen LogP contribution in [0.5, 0.6) is 0 Å². The second-order valence-corrected chi connectivity index (χ2v) is 7.21. The second kappa shape index (κ2) is 13.5. The van der Waals surface area contributed by atoms with Crippen LogP contribution in [0, 0.1) is 5.92 Å². The average Bonchev–Trinajstić information content (AvgIpc) is 2.41. The lowest BCUT2D eigenvalue weighted by atomic mass is 9.97. The molecule has 128 valence electrons. The molecule has 0 aromatic rings. The van der Waals surface area contributed by atoms with Gasteiger partial charge in [-0.15, -0.1) is 0 Å². The second-order valence-electron chi connectivity index (χ2n) is 6.11. The molecule has 4 nitrogen and oxygen atoms in total. The molecule has 1 unspecified atom stereocenters. The van der Waals surface area contributed by atoms with Gasteiger partial charge in [-0.25, -0.2) is 4.18 Å². The summed E-state index contributed by atoms with van der Waals surface area (Å²) in [6, 6.07) is 0. The first-order chi connectivity index (χ1) is 9.95. The quantitative estimate of drug-likeness (QED) is 0.335. The molecule has 0 spiro atoms. The third-order valence-electron chi connectivity index (χ3n) is 3.87. The first-order valence-electron chi connectivity index (χ1n) is 8.57. The zero-order valence-electron chi connectivity index (χ0n) is 13.8.